The summed E-state index contributed by atoms with van der Waals surface area (Å²) in [6.07, 6.45) is 3.55. The summed E-state index contributed by atoms with van der Waals surface area (Å²) >= 11 is 0. The van der Waals surface area contributed by atoms with Crippen LogP contribution < -0.4 is 0 Å². The second-order valence-corrected chi connectivity index (χ2v) is 10.3. The van der Waals surface area contributed by atoms with Gasteiger partial charge in [-0.15, -0.1) is 0 Å². The summed E-state index contributed by atoms with van der Waals surface area (Å²) in [6, 6.07) is 34.8. The molecule has 0 saturated heterocycles. The third kappa shape index (κ3) is 3.23. The molecule has 0 aliphatic rings. The third-order valence-electron chi connectivity index (χ3n) is 7.98. The zero-order valence-corrected chi connectivity index (χ0v) is 21.7. The van der Waals surface area contributed by atoms with Gasteiger partial charge in [-0.05, 0) is 76.2 Å². The van der Waals surface area contributed by atoms with Crippen molar-refractivity contribution in [3.05, 3.63) is 121 Å². The smallest absolute Gasteiger partial charge is 0.138 e. The van der Waals surface area contributed by atoms with Crippen molar-refractivity contribution in [2.24, 2.45) is 0 Å². The average molecular weight is 501 g/mol. The molecule has 3 heteroatoms. The van der Waals surface area contributed by atoms with E-state index in [1.807, 2.05) is 0 Å². The highest BCUT2D eigenvalue weighted by atomic mass is 16.3. The van der Waals surface area contributed by atoms with Gasteiger partial charge in [0.2, 0.25) is 0 Å². The normalized spacial score (nSPS) is 11.8. The zero-order valence-electron chi connectivity index (χ0n) is 21.7. The third-order valence-corrected chi connectivity index (χ3v) is 7.98. The van der Waals surface area contributed by atoms with E-state index in [-0.39, 0.29) is 0 Å². The fourth-order valence-electron chi connectivity index (χ4n) is 6.15. The van der Waals surface area contributed by atoms with E-state index in [0.717, 1.165) is 54.9 Å². The summed E-state index contributed by atoms with van der Waals surface area (Å²) in [6.45, 7) is 4.24. The molecule has 2 heterocycles. The van der Waals surface area contributed by atoms with E-state index in [4.69, 9.17) is 9.40 Å². The lowest BCUT2D eigenvalue weighted by Gasteiger charge is -2.14. The van der Waals surface area contributed by atoms with E-state index in [2.05, 4.69) is 116 Å². The zero-order chi connectivity index (χ0) is 26.1. The molecule has 0 saturated carbocycles. The van der Waals surface area contributed by atoms with Gasteiger partial charge < -0.3 is 4.42 Å². The second kappa shape index (κ2) is 8.24. The SMILES string of the molecule is Cc1cccc2c1oc1c(C)cc(-c3ccccc3-c3ccc4c(c3)c3ccccc3c3nccnc43)cc12. The Hall–Kier alpha value is -5.02. The Morgan fingerprint density at radius 3 is 1.87 bits per heavy atom. The summed E-state index contributed by atoms with van der Waals surface area (Å²) < 4.78 is 6.33. The number of aryl methyl sites for hydroxylation is 2. The van der Waals surface area contributed by atoms with Gasteiger partial charge in [0, 0.05) is 33.9 Å². The average Bonchev–Trinajstić information content (AvgIpc) is 3.38. The largest absolute Gasteiger partial charge is 0.456 e. The summed E-state index contributed by atoms with van der Waals surface area (Å²) in [5.41, 5.74) is 10.9. The molecule has 6 aromatic carbocycles. The van der Waals surface area contributed by atoms with Crippen LogP contribution in [0.15, 0.2) is 114 Å². The van der Waals surface area contributed by atoms with E-state index in [9.17, 15) is 0 Å². The number of para-hydroxylation sites is 1. The number of furan rings is 1. The van der Waals surface area contributed by atoms with Crippen molar-refractivity contribution in [3.8, 4) is 22.3 Å². The highest BCUT2D eigenvalue weighted by Gasteiger charge is 2.16. The molecule has 8 aromatic rings. The van der Waals surface area contributed by atoms with Crippen LogP contribution in [0.1, 0.15) is 11.1 Å². The van der Waals surface area contributed by atoms with Crippen molar-refractivity contribution in [2.75, 3.05) is 0 Å². The van der Waals surface area contributed by atoms with Gasteiger partial charge in [0.1, 0.15) is 11.2 Å². The summed E-state index contributed by atoms with van der Waals surface area (Å²) in [4.78, 5) is 9.40. The molecule has 0 aliphatic heterocycles. The highest BCUT2D eigenvalue weighted by Crippen LogP contribution is 2.41. The first-order valence-electron chi connectivity index (χ1n) is 13.2. The minimum Gasteiger partial charge on any atom is -0.456 e. The maximum Gasteiger partial charge on any atom is 0.138 e. The van der Waals surface area contributed by atoms with E-state index in [1.54, 1.807) is 12.4 Å². The molecule has 0 N–H and O–H groups in total. The molecular formula is C36H24N2O. The number of hydrogen-bond acceptors (Lipinski definition) is 3. The van der Waals surface area contributed by atoms with Gasteiger partial charge in [-0.3, -0.25) is 9.97 Å². The lowest BCUT2D eigenvalue weighted by molar-refractivity contribution is 0.663. The van der Waals surface area contributed by atoms with Crippen molar-refractivity contribution in [1.82, 2.24) is 9.97 Å². The van der Waals surface area contributed by atoms with Crippen molar-refractivity contribution in [3.63, 3.8) is 0 Å². The Bertz CT molecular complexity index is 2220. The molecule has 8 rings (SSSR count). The van der Waals surface area contributed by atoms with Gasteiger partial charge in [0.25, 0.3) is 0 Å². The fraction of sp³-hybridized carbons (Fsp3) is 0.0556. The Morgan fingerprint density at radius 1 is 0.462 bits per heavy atom. The van der Waals surface area contributed by atoms with Crippen molar-refractivity contribution >= 4 is 54.5 Å². The monoisotopic (exact) mass is 500 g/mol. The molecule has 0 atom stereocenters. The van der Waals surface area contributed by atoms with Crippen LogP contribution in [0.2, 0.25) is 0 Å². The number of fused-ring (bicyclic) bond motifs is 9. The minimum absolute atomic E-state index is 0.939. The standard InChI is InChI=1S/C36H24N2O/c1-21-8-7-13-30-32-20-24(18-22(2)36(32)39-35(21)30)26-10-4-3-9-25(26)23-14-15-29-31(19-23)27-11-5-6-12-28(27)33-34(29)38-17-16-37-33/h3-20H,1-2H3. The number of rotatable bonds is 2. The Balaban J connectivity index is 1.39. The Labute approximate surface area is 225 Å². The van der Waals surface area contributed by atoms with Crippen molar-refractivity contribution < 1.29 is 4.42 Å². The lowest BCUT2D eigenvalue weighted by Crippen LogP contribution is -1.90. The van der Waals surface area contributed by atoms with Gasteiger partial charge in [0.15, 0.2) is 0 Å². The highest BCUT2D eigenvalue weighted by molar-refractivity contribution is 6.23. The minimum atomic E-state index is 0.939. The lowest BCUT2D eigenvalue weighted by atomic mass is 9.90. The van der Waals surface area contributed by atoms with Gasteiger partial charge in [-0.1, -0.05) is 78.9 Å². The number of nitrogens with zero attached hydrogens (tertiary/aromatic N) is 2. The molecule has 0 aliphatic carbocycles. The van der Waals surface area contributed by atoms with Crippen LogP contribution in [0.25, 0.3) is 76.8 Å². The predicted octanol–water partition coefficient (Wildman–Crippen LogP) is 9.79. The number of benzene rings is 6. The van der Waals surface area contributed by atoms with Crippen LogP contribution in [0, 0.1) is 13.8 Å². The van der Waals surface area contributed by atoms with Crippen molar-refractivity contribution in [2.45, 2.75) is 13.8 Å². The number of aromatic nitrogens is 2. The summed E-state index contributed by atoms with van der Waals surface area (Å²) in [7, 11) is 0. The van der Waals surface area contributed by atoms with Gasteiger partial charge in [0.05, 0.1) is 11.0 Å². The maximum atomic E-state index is 6.33. The van der Waals surface area contributed by atoms with E-state index in [0.29, 0.717) is 0 Å². The van der Waals surface area contributed by atoms with E-state index >= 15 is 0 Å². The first kappa shape index (κ1) is 22.0. The first-order chi connectivity index (χ1) is 19.2. The van der Waals surface area contributed by atoms with Gasteiger partial charge >= 0.3 is 0 Å². The molecule has 0 amide bonds. The molecule has 0 spiro atoms. The first-order valence-corrected chi connectivity index (χ1v) is 13.2. The second-order valence-electron chi connectivity index (χ2n) is 10.3. The van der Waals surface area contributed by atoms with E-state index < -0.39 is 0 Å². The van der Waals surface area contributed by atoms with Crippen LogP contribution in [0.5, 0.6) is 0 Å². The number of hydrogen-bond donors (Lipinski definition) is 0. The topological polar surface area (TPSA) is 38.9 Å². The molecule has 0 radical (unpaired) electrons. The van der Waals surface area contributed by atoms with Crippen LogP contribution in [-0.4, -0.2) is 9.97 Å². The summed E-state index contributed by atoms with van der Waals surface area (Å²) in [5.74, 6) is 0. The van der Waals surface area contributed by atoms with Crippen LogP contribution in [-0.2, 0) is 0 Å². The quantitative estimate of drug-likeness (QED) is 0.222. The molecule has 2 aromatic heterocycles. The molecule has 0 fully saturated rings. The molecular weight excluding hydrogens is 476 g/mol. The van der Waals surface area contributed by atoms with Crippen LogP contribution in [0.3, 0.4) is 0 Å². The predicted molar refractivity (Wildman–Crippen MR) is 162 cm³/mol. The van der Waals surface area contributed by atoms with Gasteiger partial charge in [-0.2, -0.15) is 0 Å². The van der Waals surface area contributed by atoms with E-state index in [1.165, 1.54) is 33.0 Å². The maximum absolute atomic E-state index is 6.33. The Kier molecular flexibility index (Phi) is 4.65. The summed E-state index contributed by atoms with van der Waals surface area (Å²) in [5, 5.41) is 6.95. The van der Waals surface area contributed by atoms with Crippen molar-refractivity contribution in [1.29, 1.82) is 0 Å². The van der Waals surface area contributed by atoms with Gasteiger partial charge in [-0.25, -0.2) is 0 Å². The molecule has 3 nitrogen and oxygen atoms in total. The molecule has 0 unspecified atom stereocenters. The van der Waals surface area contributed by atoms with Crippen LogP contribution >= 0.6 is 0 Å². The van der Waals surface area contributed by atoms with Crippen LogP contribution in [0.4, 0.5) is 0 Å². The molecule has 184 valence electrons. The molecule has 0 bridgehead atoms. The Morgan fingerprint density at radius 2 is 1.08 bits per heavy atom. The molecule has 39 heavy (non-hydrogen) atoms. The fourth-order valence-corrected chi connectivity index (χ4v) is 6.15.